The number of benzene rings is 5. The standard InChI is InChI=1S/C56H59N3O/c1-53(2,3)40-21-18-36(19-22-40)37-26-27-57-47(28-37)38-20-24-43-44-32-41(54(4,5)6)23-25-49(44)59(50(43)30-38)51-31-39(35-16-14-13-15-17-35)29-48(58-51)45-33-42(55(7,8)9)34-46(52(45)60)56(10,11)12/h13-34,60H,1-12H3. The van der Waals surface area contributed by atoms with Crippen molar-refractivity contribution >= 4 is 21.8 Å². The summed E-state index contributed by atoms with van der Waals surface area (Å²) in [5, 5.41) is 14.5. The SMILES string of the molecule is CC(C)(C)c1ccc(-c2ccnc(-c3ccc4c5cc(C(C)(C)C)ccc5n(-c5cc(-c6ccccc6)cc(-c6cc(C(C)(C)C)cc(C(C)(C)C)c6O)n5)c4c3)c2)cc1. The highest BCUT2D eigenvalue weighted by atomic mass is 16.3. The van der Waals surface area contributed by atoms with Crippen LogP contribution in [0, 0.1) is 0 Å². The predicted molar refractivity (Wildman–Crippen MR) is 255 cm³/mol. The van der Waals surface area contributed by atoms with Crippen LogP contribution in [0.4, 0.5) is 0 Å². The number of aromatic nitrogens is 3. The molecule has 0 bridgehead atoms. The molecule has 4 nitrogen and oxygen atoms in total. The van der Waals surface area contributed by atoms with Crippen LogP contribution in [0.1, 0.15) is 105 Å². The zero-order valence-corrected chi connectivity index (χ0v) is 37.5. The molecule has 3 heterocycles. The molecule has 0 aliphatic carbocycles. The van der Waals surface area contributed by atoms with E-state index in [-0.39, 0.29) is 27.4 Å². The summed E-state index contributed by atoms with van der Waals surface area (Å²) in [6, 6.07) is 45.9. The Balaban J connectivity index is 1.39. The van der Waals surface area contributed by atoms with Gasteiger partial charge in [0, 0.05) is 33.7 Å². The molecule has 0 fully saturated rings. The summed E-state index contributed by atoms with van der Waals surface area (Å²) in [7, 11) is 0. The quantitative estimate of drug-likeness (QED) is 0.189. The molecule has 0 saturated carbocycles. The summed E-state index contributed by atoms with van der Waals surface area (Å²) >= 11 is 0. The van der Waals surface area contributed by atoms with Crippen molar-refractivity contribution in [2.45, 2.75) is 105 Å². The molecule has 0 saturated heterocycles. The lowest BCUT2D eigenvalue weighted by atomic mass is 9.78. The Morgan fingerprint density at radius 1 is 0.433 bits per heavy atom. The van der Waals surface area contributed by atoms with Crippen molar-refractivity contribution in [3.05, 3.63) is 156 Å². The van der Waals surface area contributed by atoms with E-state index in [0.29, 0.717) is 0 Å². The fourth-order valence-corrected chi connectivity index (χ4v) is 8.22. The van der Waals surface area contributed by atoms with Gasteiger partial charge in [0.2, 0.25) is 0 Å². The maximum absolute atomic E-state index is 12.2. The maximum Gasteiger partial charge on any atom is 0.138 e. The van der Waals surface area contributed by atoms with E-state index in [1.807, 2.05) is 12.3 Å². The van der Waals surface area contributed by atoms with E-state index in [0.717, 1.165) is 72.6 Å². The van der Waals surface area contributed by atoms with Gasteiger partial charge in [-0.2, -0.15) is 0 Å². The molecule has 8 aromatic rings. The molecule has 3 aromatic heterocycles. The molecule has 0 aliphatic heterocycles. The van der Waals surface area contributed by atoms with Crippen LogP contribution in [0.5, 0.6) is 5.75 Å². The van der Waals surface area contributed by atoms with Crippen LogP contribution in [0.2, 0.25) is 0 Å². The maximum atomic E-state index is 12.2. The Kier molecular flexibility index (Phi) is 9.93. The van der Waals surface area contributed by atoms with Crippen molar-refractivity contribution in [1.29, 1.82) is 0 Å². The molecule has 0 amide bonds. The normalized spacial score (nSPS) is 12.7. The third-order valence-corrected chi connectivity index (χ3v) is 12.0. The number of pyridine rings is 2. The molecule has 1 N–H and O–H groups in total. The fourth-order valence-electron chi connectivity index (χ4n) is 8.22. The van der Waals surface area contributed by atoms with Gasteiger partial charge in [-0.25, -0.2) is 4.98 Å². The van der Waals surface area contributed by atoms with Gasteiger partial charge in [-0.1, -0.05) is 162 Å². The van der Waals surface area contributed by atoms with Gasteiger partial charge in [0.05, 0.1) is 22.4 Å². The van der Waals surface area contributed by atoms with Gasteiger partial charge in [-0.15, -0.1) is 0 Å². The Morgan fingerprint density at radius 3 is 1.70 bits per heavy atom. The van der Waals surface area contributed by atoms with Crippen molar-refractivity contribution < 1.29 is 5.11 Å². The van der Waals surface area contributed by atoms with Gasteiger partial charge >= 0.3 is 0 Å². The second-order valence-electron chi connectivity index (χ2n) is 20.7. The molecule has 8 rings (SSSR count). The van der Waals surface area contributed by atoms with Crippen molar-refractivity contribution in [1.82, 2.24) is 14.5 Å². The van der Waals surface area contributed by atoms with Crippen LogP contribution in [0.15, 0.2) is 134 Å². The molecule has 0 spiro atoms. The molecule has 0 atom stereocenters. The molecule has 5 aromatic carbocycles. The molecular formula is C56H59N3O. The van der Waals surface area contributed by atoms with Gasteiger partial charge in [-0.05, 0) is 109 Å². The molecule has 0 aliphatic rings. The topological polar surface area (TPSA) is 50.9 Å². The molecule has 0 radical (unpaired) electrons. The minimum Gasteiger partial charge on any atom is -0.507 e. The van der Waals surface area contributed by atoms with E-state index in [1.165, 1.54) is 22.1 Å². The van der Waals surface area contributed by atoms with Crippen LogP contribution in [-0.4, -0.2) is 19.6 Å². The number of phenols is 1. The number of aromatic hydroxyl groups is 1. The highest BCUT2D eigenvalue weighted by molar-refractivity contribution is 6.10. The molecule has 0 unspecified atom stereocenters. The summed E-state index contributed by atoms with van der Waals surface area (Å²) in [6.45, 7) is 26.7. The van der Waals surface area contributed by atoms with Crippen LogP contribution in [-0.2, 0) is 21.7 Å². The Hall–Kier alpha value is -6.00. The molecule has 304 valence electrons. The summed E-state index contributed by atoms with van der Waals surface area (Å²) in [6.07, 6.45) is 1.92. The molecule has 4 heteroatoms. The first-order valence-corrected chi connectivity index (χ1v) is 21.3. The lowest BCUT2D eigenvalue weighted by Gasteiger charge is -2.27. The van der Waals surface area contributed by atoms with Crippen molar-refractivity contribution in [3.8, 4) is 56.3 Å². The number of hydrogen-bond donors (Lipinski definition) is 1. The smallest absolute Gasteiger partial charge is 0.138 e. The van der Waals surface area contributed by atoms with Gasteiger partial charge < -0.3 is 5.11 Å². The van der Waals surface area contributed by atoms with Crippen LogP contribution >= 0.6 is 0 Å². The van der Waals surface area contributed by atoms with Gasteiger partial charge in [-0.3, -0.25) is 9.55 Å². The summed E-state index contributed by atoms with van der Waals surface area (Å²) in [5.41, 5.74) is 14.2. The third-order valence-electron chi connectivity index (χ3n) is 12.0. The Labute approximate surface area is 357 Å². The first-order valence-electron chi connectivity index (χ1n) is 21.3. The largest absolute Gasteiger partial charge is 0.507 e. The van der Waals surface area contributed by atoms with Crippen molar-refractivity contribution in [2.24, 2.45) is 0 Å². The zero-order valence-electron chi connectivity index (χ0n) is 37.5. The van der Waals surface area contributed by atoms with Crippen LogP contribution in [0.25, 0.3) is 72.4 Å². The second kappa shape index (κ2) is 14.6. The van der Waals surface area contributed by atoms with E-state index in [4.69, 9.17) is 9.97 Å². The average Bonchev–Trinajstić information content (AvgIpc) is 3.53. The van der Waals surface area contributed by atoms with Crippen molar-refractivity contribution in [3.63, 3.8) is 0 Å². The zero-order chi connectivity index (χ0) is 42.9. The van der Waals surface area contributed by atoms with E-state index < -0.39 is 0 Å². The number of nitrogens with zero attached hydrogens (tertiary/aromatic N) is 3. The second-order valence-corrected chi connectivity index (χ2v) is 20.7. The van der Waals surface area contributed by atoms with E-state index >= 15 is 0 Å². The van der Waals surface area contributed by atoms with E-state index in [2.05, 4.69) is 209 Å². The van der Waals surface area contributed by atoms with Crippen LogP contribution in [0.3, 0.4) is 0 Å². The fraction of sp³-hybridized carbons (Fsp3) is 0.286. The Morgan fingerprint density at radius 2 is 1.05 bits per heavy atom. The summed E-state index contributed by atoms with van der Waals surface area (Å²) < 4.78 is 2.31. The lowest BCUT2D eigenvalue weighted by Crippen LogP contribution is -2.17. The monoisotopic (exact) mass is 789 g/mol. The number of hydrogen-bond acceptors (Lipinski definition) is 3. The van der Waals surface area contributed by atoms with Crippen LogP contribution < -0.4 is 0 Å². The Bertz CT molecular complexity index is 2890. The average molecular weight is 790 g/mol. The van der Waals surface area contributed by atoms with Crippen molar-refractivity contribution in [2.75, 3.05) is 0 Å². The predicted octanol–water partition coefficient (Wildman–Crippen LogP) is 15.1. The highest BCUT2D eigenvalue weighted by Gasteiger charge is 2.27. The van der Waals surface area contributed by atoms with E-state index in [1.54, 1.807) is 0 Å². The highest BCUT2D eigenvalue weighted by Crippen LogP contribution is 2.44. The van der Waals surface area contributed by atoms with Gasteiger partial charge in [0.25, 0.3) is 0 Å². The minimum atomic E-state index is -0.283. The van der Waals surface area contributed by atoms with Gasteiger partial charge in [0.15, 0.2) is 0 Å². The first-order chi connectivity index (χ1) is 28.2. The molecular weight excluding hydrogens is 731 g/mol. The van der Waals surface area contributed by atoms with E-state index in [9.17, 15) is 5.11 Å². The minimum absolute atomic E-state index is 0.0308. The number of fused-ring (bicyclic) bond motifs is 3. The van der Waals surface area contributed by atoms with Gasteiger partial charge in [0.1, 0.15) is 11.6 Å². The first kappa shape index (κ1) is 40.8. The third kappa shape index (κ3) is 7.76. The number of rotatable bonds is 5. The summed E-state index contributed by atoms with van der Waals surface area (Å²) in [4.78, 5) is 10.4. The summed E-state index contributed by atoms with van der Waals surface area (Å²) in [5.74, 6) is 1.06. The lowest BCUT2D eigenvalue weighted by molar-refractivity contribution is 0.446. The number of phenolic OH excluding ortho intramolecular Hbond substituents is 1. The molecule has 60 heavy (non-hydrogen) atoms.